The van der Waals surface area contributed by atoms with Crippen LogP contribution in [0.15, 0.2) is 97.1 Å². The van der Waals surface area contributed by atoms with Gasteiger partial charge >= 0.3 is 5.97 Å². The summed E-state index contributed by atoms with van der Waals surface area (Å²) >= 11 is 0. The molecule has 1 heterocycles. The van der Waals surface area contributed by atoms with Crippen molar-refractivity contribution in [2.24, 2.45) is 0 Å². The second-order valence-corrected chi connectivity index (χ2v) is 8.02. The van der Waals surface area contributed by atoms with Crippen molar-refractivity contribution in [3.8, 4) is 5.75 Å². The van der Waals surface area contributed by atoms with Crippen molar-refractivity contribution in [2.45, 2.75) is 18.7 Å². The Morgan fingerprint density at radius 1 is 0.886 bits per heavy atom. The molecule has 0 aliphatic carbocycles. The standard InChI is InChI=1S/C28H26N2O5/c31-25(20-34-23-14-8-3-9-15-23)29-27-24(17-16-21-10-4-1-5-11-21)30(28(27)33)18-26(32)35-19-22-12-6-2-7-13-22/h1-17,24,27H,18-20H2,(H,29,31). The van der Waals surface area contributed by atoms with E-state index in [4.69, 9.17) is 9.47 Å². The molecule has 0 spiro atoms. The first-order valence-electron chi connectivity index (χ1n) is 11.3. The Hall–Kier alpha value is -4.39. The number of esters is 1. The quantitative estimate of drug-likeness (QED) is 0.363. The molecule has 1 aliphatic rings. The zero-order valence-corrected chi connectivity index (χ0v) is 19.1. The van der Waals surface area contributed by atoms with Gasteiger partial charge in [0.15, 0.2) is 6.61 Å². The number of amides is 2. The van der Waals surface area contributed by atoms with Crippen LogP contribution in [0.5, 0.6) is 5.75 Å². The van der Waals surface area contributed by atoms with Gasteiger partial charge in [0.1, 0.15) is 24.9 Å². The SMILES string of the molecule is O=C(COc1ccccc1)NC1C(=O)N(CC(=O)OCc2ccccc2)C1C=Cc1ccccc1. The van der Waals surface area contributed by atoms with E-state index < -0.39 is 24.0 Å². The van der Waals surface area contributed by atoms with Gasteiger partial charge in [-0.25, -0.2) is 0 Å². The molecule has 2 amide bonds. The number of nitrogens with zero attached hydrogens (tertiary/aromatic N) is 1. The number of benzene rings is 3. The summed E-state index contributed by atoms with van der Waals surface area (Å²) in [5.41, 5.74) is 1.80. The van der Waals surface area contributed by atoms with Gasteiger partial charge in [-0.2, -0.15) is 0 Å². The summed E-state index contributed by atoms with van der Waals surface area (Å²) in [4.78, 5) is 39.1. The molecule has 0 bridgehead atoms. The van der Waals surface area contributed by atoms with Gasteiger partial charge in [-0.3, -0.25) is 14.4 Å². The van der Waals surface area contributed by atoms with Crippen LogP contribution in [0.4, 0.5) is 0 Å². The van der Waals surface area contributed by atoms with E-state index in [0.29, 0.717) is 5.75 Å². The maximum Gasteiger partial charge on any atom is 0.326 e. The van der Waals surface area contributed by atoms with Gasteiger partial charge in [0.2, 0.25) is 5.91 Å². The first-order chi connectivity index (χ1) is 17.1. The summed E-state index contributed by atoms with van der Waals surface area (Å²) in [5, 5.41) is 2.73. The van der Waals surface area contributed by atoms with Crippen molar-refractivity contribution < 1.29 is 23.9 Å². The Labute approximate surface area is 204 Å². The normalized spacial score (nSPS) is 17.0. The highest BCUT2D eigenvalue weighted by Crippen LogP contribution is 2.23. The molecule has 7 heteroatoms. The van der Waals surface area contributed by atoms with Gasteiger partial charge in [0.25, 0.3) is 5.91 Å². The lowest BCUT2D eigenvalue weighted by Gasteiger charge is -2.45. The number of likely N-dealkylation sites (tertiary alicyclic amines) is 1. The summed E-state index contributed by atoms with van der Waals surface area (Å²) in [5.74, 6) is -0.725. The molecule has 0 saturated carbocycles. The number of carbonyl (C=O) groups excluding carboxylic acids is 3. The predicted octanol–water partition coefficient (Wildman–Crippen LogP) is 3.22. The Bertz CT molecular complexity index is 1100. The molecule has 0 radical (unpaired) electrons. The molecule has 1 saturated heterocycles. The van der Waals surface area contributed by atoms with Crippen molar-refractivity contribution in [3.63, 3.8) is 0 Å². The average molecular weight is 471 g/mol. The third-order valence-corrected chi connectivity index (χ3v) is 5.51. The second kappa shape index (κ2) is 11.7. The molecule has 3 aromatic carbocycles. The molecule has 2 unspecified atom stereocenters. The largest absolute Gasteiger partial charge is 0.484 e. The number of hydrogen-bond acceptors (Lipinski definition) is 5. The van der Waals surface area contributed by atoms with Crippen molar-refractivity contribution >= 4 is 23.9 Å². The van der Waals surface area contributed by atoms with Crippen LogP contribution >= 0.6 is 0 Å². The van der Waals surface area contributed by atoms with Crippen molar-refractivity contribution in [1.82, 2.24) is 10.2 Å². The second-order valence-electron chi connectivity index (χ2n) is 8.02. The van der Waals surface area contributed by atoms with E-state index in [1.165, 1.54) is 4.90 Å². The van der Waals surface area contributed by atoms with E-state index in [-0.39, 0.29) is 25.7 Å². The Kier molecular flexibility index (Phi) is 7.91. The summed E-state index contributed by atoms with van der Waals surface area (Å²) in [7, 11) is 0. The first kappa shape index (κ1) is 23.8. The van der Waals surface area contributed by atoms with Crippen molar-refractivity contribution in [2.75, 3.05) is 13.2 Å². The molecule has 2 atom stereocenters. The van der Waals surface area contributed by atoms with Crippen molar-refractivity contribution in [1.29, 1.82) is 0 Å². The Morgan fingerprint density at radius 3 is 2.20 bits per heavy atom. The number of para-hydroxylation sites is 1. The van der Waals surface area contributed by atoms with Crippen LogP contribution < -0.4 is 10.1 Å². The monoisotopic (exact) mass is 470 g/mol. The topological polar surface area (TPSA) is 84.9 Å². The summed E-state index contributed by atoms with van der Waals surface area (Å²) in [6.45, 7) is -0.298. The molecule has 35 heavy (non-hydrogen) atoms. The smallest absolute Gasteiger partial charge is 0.326 e. The number of carbonyl (C=O) groups is 3. The lowest BCUT2D eigenvalue weighted by Crippen LogP contribution is -2.71. The number of ether oxygens (including phenoxy) is 2. The fourth-order valence-corrected chi connectivity index (χ4v) is 3.69. The van der Waals surface area contributed by atoms with Gasteiger partial charge in [-0.05, 0) is 23.3 Å². The van der Waals surface area contributed by atoms with Crippen LogP contribution in [0.25, 0.3) is 6.08 Å². The van der Waals surface area contributed by atoms with Gasteiger partial charge in [0.05, 0.1) is 6.04 Å². The lowest BCUT2D eigenvalue weighted by atomic mass is 9.93. The van der Waals surface area contributed by atoms with Crippen LogP contribution in [-0.4, -0.2) is 47.9 Å². The van der Waals surface area contributed by atoms with Crippen LogP contribution in [0.3, 0.4) is 0 Å². The average Bonchev–Trinajstić information content (AvgIpc) is 2.91. The fourth-order valence-electron chi connectivity index (χ4n) is 3.69. The highest BCUT2D eigenvalue weighted by atomic mass is 16.5. The van der Waals surface area contributed by atoms with Crippen molar-refractivity contribution in [3.05, 3.63) is 108 Å². The molecule has 4 rings (SSSR count). The fraction of sp³-hybridized carbons (Fsp3) is 0.179. The molecule has 7 nitrogen and oxygen atoms in total. The van der Waals surface area contributed by atoms with Crippen LogP contribution in [0.2, 0.25) is 0 Å². The predicted molar refractivity (Wildman–Crippen MR) is 131 cm³/mol. The number of nitrogens with one attached hydrogen (secondary N) is 1. The third kappa shape index (κ3) is 6.57. The minimum Gasteiger partial charge on any atom is -0.484 e. The van der Waals surface area contributed by atoms with E-state index in [1.807, 2.05) is 91.0 Å². The number of hydrogen-bond donors (Lipinski definition) is 1. The summed E-state index contributed by atoms with van der Waals surface area (Å²) < 4.78 is 10.8. The first-order valence-corrected chi connectivity index (χ1v) is 11.3. The zero-order chi connectivity index (χ0) is 24.5. The maximum atomic E-state index is 12.8. The molecule has 3 aromatic rings. The Balaban J connectivity index is 1.38. The molecule has 1 aliphatic heterocycles. The highest BCUT2D eigenvalue weighted by Gasteiger charge is 2.47. The van der Waals surface area contributed by atoms with Crippen LogP contribution in [0.1, 0.15) is 11.1 Å². The molecule has 1 fully saturated rings. The molecule has 1 N–H and O–H groups in total. The van der Waals surface area contributed by atoms with Gasteiger partial charge in [0, 0.05) is 0 Å². The van der Waals surface area contributed by atoms with E-state index in [9.17, 15) is 14.4 Å². The van der Waals surface area contributed by atoms with E-state index in [1.54, 1.807) is 12.1 Å². The molecular weight excluding hydrogens is 444 g/mol. The van der Waals surface area contributed by atoms with Crippen LogP contribution in [0, 0.1) is 0 Å². The third-order valence-electron chi connectivity index (χ3n) is 5.51. The maximum absolute atomic E-state index is 12.8. The van der Waals surface area contributed by atoms with E-state index in [0.717, 1.165) is 11.1 Å². The Morgan fingerprint density at radius 2 is 1.51 bits per heavy atom. The number of rotatable bonds is 10. The lowest BCUT2D eigenvalue weighted by molar-refractivity contribution is -0.160. The van der Waals surface area contributed by atoms with Gasteiger partial charge in [-0.1, -0.05) is 91.0 Å². The molecule has 0 aromatic heterocycles. The highest BCUT2D eigenvalue weighted by molar-refractivity contribution is 5.96. The van der Waals surface area contributed by atoms with Crippen LogP contribution in [-0.2, 0) is 25.7 Å². The summed E-state index contributed by atoms with van der Waals surface area (Å²) in [6, 6.07) is 26.6. The molecule has 178 valence electrons. The van der Waals surface area contributed by atoms with Gasteiger partial charge < -0.3 is 19.7 Å². The zero-order valence-electron chi connectivity index (χ0n) is 19.1. The van der Waals surface area contributed by atoms with E-state index >= 15 is 0 Å². The molecular formula is C28H26N2O5. The minimum atomic E-state index is -0.788. The number of β-lactam (4-membered cyclic amide) rings is 1. The summed E-state index contributed by atoms with van der Waals surface area (Å²) in [6.07, 6.45) is 3.67. The van der Waals surface area contributed by atoms with Gasteiger partial charge in [-0.15, -0.1) is 0 Å². The van der Waals surface area contributed by atoms with E-state index in [2.05, 4.69) is 5.32 Å². The minimum absolute atomic E-state index is 0.128.